The van der Waals surface area contributed by atoms with E-state index in [4.69, 9.17) is 0 Å². The molecule has 1 aromatic carbocycles. The minimum Gasteiger partial charge on any atom is -0.347 e. The number of hydrogen-bond donors (Lipinski definition) is 2. The van der Waals surface area contributed by atoms with Crippen molar-refractivity contribution in [3.63, 3.8) is 0 Å². The van der Waals surface area contributed by atoms with E-state index in [2.05, 4.69) is 10.6 Å². The summed E-state index contributed by atoms with van der Waals surface area (Å²) in [7, 11) is 0. The molecule has 25 heavy (non-hydrogen) atoms. The minimum absolute atomic E-state index is 0.0630. The first-order chi connectivity index (χ1) is 11.9. The third kappa shape index (κ3) is 3.19. The fourth-order valence-corrected chi connectivity index (χ4v) is 5.76. The number of aryl methyl sites for hydroxylation is 2. The van der Waals surface area contributed by atoms with Gasteiger partial charge in [-0.05, 0) is 93.4 Å². The maximum absolute atomic E-state index is 12.9. The lowest BCUT2D eigenvalue weighted by Gasteiger charge is -2.55. The molecule has 0 heterocycles. The quantitative estimate of drug-likeness (QED) is 0.880. The van der Waals surface area contributed by atoms with Crippen LogP contribution in [0.3, 0.4) is 0 Å². The molecule has 4 nitrogen and oxygen atoms in total. The van der Waals surface area contributed by atoms with Crippen LogP contribution < -0.4 is 10.6 Å². The van der Waals surface area contributed by atoms with Crippen LogP contribution in [0.25, 0.3) is 0 Å². The average Bonchev–Trinajstić information content (AvgIpc) is 2.55. The van der Waals surface area contributed by atoms with Crippen LogP contribution in [0.1, 0.15) is 49.7 Å². The summed E-state index contributed by atoms with van der Waals surface area (Å²) in [5.41, 5.74) is 2.95. The Bertz CT molecular complexity index is 675. The summed E-state index contributed by atoms with van der Waals surface area (Å²) in [5.74, 6) is 2.17. The summed E-state index contributed by atoms with van der Waals surface area (Å²) in [4.78, 5) is 25.1. The molecular weight excluding hydrogens is 312 g/mol. The van der Waals surface area contributed by atoms with Gasteiger partial charge in [0.1, 0.15) is 0 Å². The van der Waals surface area contributed by atoms with Crippen molar-refractivity contribution < 1.29 is 9.59 Å². The lowest BCUT2D eigenvalue weighted by molar-refractivity contribution is -0.146. The van der Waals surface area contributed by atoms with Crippen molar-refractivity contribution >= 4 is 17.5 Å². The average molecular weight is 340 g/mol. The third-order valence-electron chi connectivity index (χ3n) is 6.72. The number of benzene rings is 1. The van der Waals surface area contributed by atoms with Gasteiger partial charge >= 0.3 is 0 Å². The zero-order valence-electron chi connectivity index (χ0n) is 15.2. The van der Waals surface area contributed by atoms with Crippen molar-refractivity contribution in [2.24, 2.45) is 23.2 Å². The molecule has 4 saturated carbocycles. The Morgan fingerprint density at radius 2 is 1.60 bits per heavy atom. The van der Waals surface area contributed by atoms with Gasteiger partial charge in [-0.2, -0.15) is 0 Å². The van der Waals surface area contributed by atoms with Crippen LogP contribution in [0.5, 0.6) is 0 Å². The lowest BCUT2D eigenvalue weighted by atomic mass is 9.49. The normalized spacial score (nSPS) is 32.5. The van der Waals surface area contributed by atoms with E-state index < -0.39 is 0 Å². The summed E-state index contributed by atoms with van der Waals surface area (Å²) in [6.07, 6.45) is 7.05. The van der Waals surface area contributed by atoms with Gasteiger partial charge in [0, 0.05) is 11.1 Å². The SMILES string of the molecule is Cc1ccc(NC(=O)CNC(=O)C23CC4CC(CC(C4)C2)C3)cc1C. The standard InChI is InChI=1S/C21H28N2O2/c1-13-3-4-18(5-14(13)2)23-19(24)12-22-20(25)21-9-15-6-16(10-21)8-17(7-15)11-21/h3-5,15-17H,6-12H2,1-2H3,(H,22,25)(H,23,24). The monoisotopic (exact) mass is 340 g/mol. The maximum atomic E-state index is 12.9. The molecular formula is C21H28N2O2. The van der Waals surface area contributed by atoms with Crippen molar-refractivity contribution in [3.05, 3.63) is 29.3 Å². The predicted molar refractivity (Wildman–Crippen MR) is 98.2 cm³/mol. The molecule has 0 radical (unpaired) electrons. The molecule has 4 heteroatoms. The highest BCUT2D eigenvalue weighted by Gasteiger charge is 2.54. The molecule has 0 aromatic heterocycles. The van der Waals surface area contributed by atoms with Crippen LogP contribution in [-0.4, -0.2) is 18.4 Å². The number of carbonyl (C=O) groups excluding carboxylic acids is 2. The van der Waals surface area contributed by atoms with Crippen LogP contribution in [0.4, 0.5) is 5.69 Å². The minimum atomic E-state index is -0.185. The van der Waals surface area contributed by atoms with Crippen molar-refractivity contribution in [1.29, 1.82) is 0 Å². The molecule has 0 aliphatic heterocycles. The number of nitrogens with one attached hydrogen (secondary N) is 2. The second-order valence-electron chi connectivity index (χ2n) is 8.73. The zero-order chi connectivity index (χ0) is 17.6. The van der Waals surface area contributed by atoms with Crippen LogP contribution in [-0.2, 0) is 9.59 Å². The van der Waals surface area contributed by atoms with Gasteiger partial charge in [-0.25, -0.2) is 0 Å². The molecule has 2 N–H and O–H groups in total. The molecule has 2 amide bonds. The van der Waals surface area contributed by atoms with Gasteiger partial charge in [0.25, 0.3) is 0 Å². The fourth-order valence-electron chi connectivity index (χ4n) is 5.76. The summed E-state index contributed by atoms with van der Waals surface area (Å²) < 4.78 is 0. The molecule has 0 saturated heterocycles. The highest BCUT2D eigenvalue weighted by molar-refractivity contribution is 5.95. The van der Waals surface area contributed by atoms with E-state index in [9.17, 15) is 9.59 Å². The van der Waals surface area contributed by atoms with Gasteiger partial charge in [0.05, 0.1) is 6.54 Å². The van der Waals surface area contributed by atoms with Crippen LogP contribution in [0.2, 0.25) is 0 Å². The molecule has 0 atom stereocenters. The molecule has 5 rings (SSSR count). The number of hydrogen-bond acceptors (Lipinski definition) is 2. The molecule has 4 fully saturated rings. The van der Waals surface area contributed by atoms with Gasteiger partial charge in [-0.3, -0.25) is 9.59 Å². The van der Waals surface area contributed by atoms with Gasteiger partial charge in [-0.1, -0.05) is 6.07 Å². The lowest BCUT2D eigenvalue weighted by Crippen LogP contribution is -2.54. The molecule has 4 aliphatic rings. The van der Waals surface area contributed by atoms with Crippen molar-refractivity contribution in [2.45, 2.75) is 52.4 Å². The third-order valence-corrected chi connectivity index (χ3v) is 6.72. The Kier molecular flexibility index (Phi) is 4.09. The van der Waals surface area contributed by atoms with Crippen molar-refractivity contribution in [2.75, 3.05) is 11.9 Å². The van der Waals surface area contributed by atoms with Crippen LogP contribution in [0, 0.1) is 37.0 Å². The number of anilines is 1. The second-order valence-corrected chi connectivity index (χ2v) is 8.73. The van der Waals surface area contributed by atoms with Crippen LogP contribution >= 0.6 is 0 Å². The van der Waals surface area contributed by atoms with Gasteiger partial charge in [0.15, 0.2) is 0 Å². The Hall–Kier alpha value is -1.84. The number of carbonyl (C=O) groups is 2. The van der Waals surface area contributed by atoms with Crippen LogP contribution in [0.15, 0.2) is 18.2 Å². The van der Waals surface area contributed by atoms with Gasteiger partial charge in [-0.15, -0.1) is 0 Å². The van der Waals surface area contributed by atoms with E-state index >= 15 is 0 Å². The van der Waals surface area contributed by atoms with E-state index in [-0.39, 0.29) is 23.8 Å². The van der Waals surface area contributed by atoms with Gasteiger partial charge in [0.2, 0.25) is 11.8 Å². The molecule has 4 bridgehead atoms. The van der Waals surface area contributed by atoms with E-state index in [1.54, 1.807) is 0 Å². The Balaban J connectivity index is 1.34. The smallest absolute Gasteiger partial charge is 0.243 e. The Morgan fingerprint density at radius 1 is 1.00 bits per heavy atom. The number of rotatable bonds is 4. The highest BCUT2D eigenvalue weighted by atomic mass is 16.2. The molecule has 0 unspecified atom stereocenters. The Labute approximate surface area is 149 Å². The topological polar surface area (TPSA) is 58.2 Å². The van der Waals surface area contributed by atoms with Gasteiger partial charge < -0.3 is 10.6 Å². The Morgan fingerprint density at radius 3 is 2.16 bits per heavy atom. The molecule has 134 valence electrons. The van der Waals surface area contributed by atoms with E-state index in [0.717, 1.165) is 48.3 Å². The predicted octanol–water partition coefficient (Wildman–Crippen LogP) is 3.57. The summed E-state index contributed by atoms with van der Waals surface area (Å²) in [5, 5.41) is 5.82. The first-order valence-electron chi connectivity index (χ1n) is 9.59. The summed E-state index contributed by atoms with van der Waals surface area (Å²) in [6.45, 7) is 4.14. The largest absolute Gasteiger partial charge is 0.347 e. The van der Waals surface area contributed by atoms with Crippen molar-refractivity contribution in [3.8, 4) is 0 Å². The van der Waals surface area contributed by atoms with Crippen molar-refractivity contribution in [1.82, 2.24) is 5.32 Å². The zero-order valence-corrected chi connectivity index (χ0v) is 15.2. The molecule has 1 aromatic rings. The van der Waals surface area contributed by atoms with E-state index in [1.807, 2.05) is 32.0 Å². The fraction of sp³-hybridized carbons (Fsp3) is 0.619. The molecule has 0 spiro atoms. The first kappa shape index (κ1) is 16.6. The first-order valence-corrected chi connectivity index (χ1v) is 9.59. The summed E-state index contributed by atoms with van der Waals surface area (Å²) >= 11 is 0. The highest BCUT2D eigenvalue weighted by Crippen LogP contribution is 2.60. The van der Waals surface area contributed by atoms with E-state index in [1.165, 1.54) is 24.8 Å². The maximum Gasteiger partial charge on any atom is 0.243 e. The molecule has 4 aliphatic carbocycles. The summed E-state index contributed by atoms with van der Waals surface area (Å²) in [6, 6.07) is 5.87. The van der Waals surface area contributed by atoms with E-state index in [0.29, 0.717) is 0 Å². The number of amides is 2. The second kappa shape index (κ2) is 6.15.